The van der Waals surface area contributed by atoms with Crippen molar-refractivity contribution in [2.45, 2.75) is 38.4 Å². The predicted molar refractivity (Wildman–Crippen MR) is 100 cm³/mol. The van der Waals surface area contributed by atoms with E-state index in [0.717, 1.165) is 24.7 Å². The topological polar surface area (TPSA) is 149 Å². The summed E-state index contributed by atoms with van der Waals surface area (Å²) in [5.74, 6) is -1.22. The van der Waals surface area contributed by atoms with E-state index >= 15 is 0 Å². The van der Waals surface area contributed by atoms with Crippen molar-refractivity contribution in [3.8, 4) is 11.5 Å². The number of imidazole rings is 1. The molecule has 30 heavy (non-hydrogen) atoms. The highest BCUT2D eigenvalue weighted by molar-refractivity contribution is 7.86. The van der Waals surface area contributed by atoms with Crippen LogP contribution in [0.2, 0.25) is 10.4 Å². The minimum Gasteiger partial charge on any atom is -0.463 e. The van der Waals surface area contributed by atoms with Crippen LogP contribution in [0.4, 0.5) is 0 Å². The summed E-state index contributed by atoms with van der Waals surface area (Å²) in [6.07, 6.45) is -3.07. The van der Waals surface area contributed by atoms with Crippen LogP contribution >= 0.6 is 23.2 Å². The van der Waals surface area contributed by atoms with Crippen LogP contribution in [0.25, 0.3) is 11.5 Å². The molecule has 164 valence electrons. The summed E-state index contributed by atoms with van der Waals surface area (Å²) in [7, 11) is -4.02. The van der Waals surface area contributed by atoms with Crippen molar-refractivity contribution in [3.05, 3.63) is 16.8 Å². The average Bonchev–Trinajstić information content (AvgIpc) is 3.18. The molecule has 0 aliphatic carbocycles. The summed E-state index contributed by atoms with van der Waals surface area (Å²) in [4.78, 5) is 34.9. The van der Waals surface area contributed by atoms with Gasteiger partial charge in [0.25, 0.3) is 10.1 Å². The SMILES string of the molecule is CC(=O)OC[C@H]1O[C@@H](n2c(Cl)nc3ncnc-3c2Cl)[C@H](OC(C)=O)[C@H]1OS(C)(=O)=O. The molecular formula is C15H16Cl2N4O8S. The lowest BCUT2D eigenvalue weighted by Gasteiger charge is -2.25. The monoisotopic (exact) mass is 482 g/mol. The molecule has 12 nitrogen and oxygen atoms in total. The highest BCUT2D eigenvalue weighted by Crippen LogP contribution is 2.40. The number of carbonyl (C=O) groups excluding carboxylic acids is 2. The van der Waals surface area contributed by atoms with Crippen LogP contribution in [-0.4, -0.2) is 71.0 Å². The van der Waals surface area contributed by atoms with Gasteiger partial charge in [-0.3, -0.25) is 18.3 Å². The third-order valence-corrected chi connectivity index (χ3v) is 5.16. The number of nitrogens with zero attached hydrogens (tertiary/aromatic N) is 4. The van der Waals surface area contributed by atoms with E-state index in [1.165, 1.54) is 6.33 Å². The van der Waals surface area contributed by atoms with Crippen molar-refractivity contribution in [2.24, 2.45) is 0 Å². The second-order valence-corrected chi connectivity index (χ2v) is 8.59. The van der Waals surface area contributed by atoms with Gasteiger partial charge in [0.1, 0.15) is 36.0 Å². The van der Waals surface area contributed by atoms with Crippen LogP contribution in [0.15, 0.2) is 6.33 Å². The van der Waals surface area contributed by atoms with Gasteiger partial charge in [-0.2, -0.15) is 13.4 Å². The van der Waals surface area contributed by atoms with E-state index in [4.69, 9.17) is 41.6 Å². The molecule has 0 spiro atoms. The third kappa shape index (κ3) is 4.81. The predicted octanol–water partition coefficient (Wildman–Crippen LogP) is 0.822. The molecule has 3 heterocycles. The molecule has 3 rings (SSSR count). The maximum Gasteiger partial charge on any atom is 0.303 e. The Morgan fingerprint density at radius 3 is 2.50 bits per heavy atom. The quantitative estimate of drug-likeness (QED) is 0.249. The van der Waals surface area contributed by atoms with Gasteiger partial charge in [-0.25, -0.2) is 9.97 Å². The van der Waals surface area contributed by atoms with Crippen LogP contribution in [0.1, 0.15) is 20.1 Å². The van der Waals surface area contributed by atoms with Crippen LogP contribution in [0.3, 0.4) is 0 Å². The van der Waals surface area contributed by atoms with E-state index in [-0.39, 0.29) is 28.6 Å². The van der Waals surface area contributed by atoms with Gasteiger partial charge in [-0.1, -0.05) is 11.6 Å². The number of esters is 2. The first kappa shape index (κ1) is 22.6. The summed E-state index contributed by atoms with van der Waals surface area (Å²) in [5, 5.41) is -0.239. The Hall–Kier alpha value is -2.06. The minimum atomic E-state index is -4.02. The molecule has 0 aromatic heterocycles. The molecule has 0 amide bonds. The Labute approximate surface area is 180 Å². The molecule has 1 saturated heterocycles. The molecule has 4 atom stereocenters. The summed E-state index contributed by atoms with van der Waals surface area (Å²) in [6.45, 7) is 1.90. The molecule has 0 saturated carbocycles. The summed E-state index contributed by atoms with van der Waals surface area (Å²) < 4.78 is 45.9. The van der Waals surface area contributed by atoms with Crippen LogP contribution in [0, 0.1) is 0 Å². The molecule has 0 N–H and O–H groups in total. The molecule has 0 bridgehead atoms. The van der Waals surface area contributed by atoms with E-state index in [2.05, 4.69) is 15.0 Å². The second-order valence-electron chi connectivity index (χ2n) is 6.29. The molecule has 0 radical (unpaired) electrons. The molecule has 3 aliphatic rings. The van der Waals surface area contributed by atoms with E-state index < -0.39 is 46.6 Å². The lowest BCUT2D eigenvalue weighted by Crippen LogP contribution is -2.41. The first-order valence-electron chi connectivity index (χ1n) is 8.36. The van der Waals surface area contributed by atoms with Crippen molar-refractivity contribution >= 4 is 45.3 Å². The highest BCUT2D eigenvalue weighted by atomic mass is 35.5. The van der Waals surface area contributed by atoms with Gasteiger partial charge in [0, 0.05) is 13.8 Å². The zero-order valence-electron chi connectivity index (χ0n) is 15.8. The van der Waals surface area contributed by atoms with Crippen LogP contribution in [-0.2, 0) is 38.1 Å². The van der Waals surface area contributed by atoms with E-state index in [1.807, 2.05) is 0 Å². The number of fused-ring (bicyclic) bond motifs is 1. The first-order chi connectivity index (χ1) is 14.0. The normalized spacial score (nSPS) is 24.2. The summed E-state index contributed by atoms with van der Waals surface area (Å²) >= 11 is 12.6. The Morgan fingerprint density at radius 2 is 1.90 bits per heavy atom. The van der Waals surface area contributed by atoms with Gasteiger partial charge in [-0.05, 0) is 11.6 Å². The van der Waals surface area contributed by atoms with Crippen molar-refractivity contribution in [2.75, 3.05) is 12.9 Å². The average molecular weight is 483 g/mol. The Balaban J connectivity index is 2.09. The van der Waals surface area contributed by atoms with Gasteiger partial charge in [0.2, 0.25) is 5.28 Å². The number of aromatic nitrogens is 4. The van der Waals surface area contributed by atoms with Gasteiger partial charge in [-0.15, -0.1) is 0 Å². The van der Waals surface area contributed by atoms with Crippen molar-refractivity contribution < 1.29 is 36.4 Å². The Bertz CT molecular complexity index is 1050. The van der Waals surface area contributed by atoms with Crippen molar-refractivity contribution in [1.29, 1.82) is 0 Å². The fourth-order valence-electron chi connectivity index (χ4n) is 2.93. The number of ether oxygens (including phenoxy) is 3. The zero-order chi connectivity index (χ0) is 22.2. The van der Waals surface area contributed by atoms with Gasteiger partial charge in [0.05, 0.1) is 6.26 Å². The molecule has 0 aromatic carbocycles. The second kappa shape index (κ2) is 8.59. The van der Waals surface area contributed by atoms with Gasteiger partial charge >= 0.3 is 11.9 Å². The van der Waals surface area contributed by atoms with Crippen LogP contribution in [0.5, 0.6) is 0 Å². The first-order valence-corrected chi connectivity index (χ1v) is 10.9. The largest absolute Gasteiger partial charge is 0.463 e. The van der Waals surface area contributed by atoms with Gasteiger partial charge < -0.3 is 14.2 Å². The smallest absolute Gasteiger partial charge is 0.303 e. The van der Waals surface area contributed by atoms with Crippen molar-refractivity contribution in [1.82, 2.24) is 19.5 Å². The van der Waals surface area contributed by atoms with E-state index in [1.54, 1.807) is 0 Å². The Kier molecular flexibility index (Phi) is 6.48. The maximum absolute atomic E-state index is 11.8. The third-order valence-electron chi connectivity index (χ3n) is 3.96. The van der Waals surface area contributed by atoms with E-state index in [9.17, 15) is 18.0 Å². The molecule has 0 aromatic rings. The number of hydrogen-bond donors (Lipinski definition) is 0. The van der Waals surface area contributed by atoms with Gasteiger partial charge in [0.15, 0.2) is 18.2 Å². The van der Waals surface area contributed by atoms with Crippen LogP contribution < -0.4 is 0 Å². The molecule has 3 aliphatic heterocycles. The van der Waals surface area contributed by atoms with Crippen molar-refractivity contribution in [3.63, 3.8) is 0 Å². The summed E-state index contributed by atoms with van der Waals surface area (Å²) in [6, 6.07) is 0. The Morgan fingerprint density at radius 1 is 1.20 bits per heavy atom. The fraction of sp³-hybridized carbons (Fsp3) is 0.533. The lowest BCUT2D eigenvalue weighted by molar-refractivity contribution is -0.155. The minimum absolute atomic E-state index is 0.0455. The fourth-order valence-corrected chi connectivity index (χ4v) is 4.18. The standard InChI is InChI=1S/C15H16Cl2N4O8S/c1-6(22)26-4-8-10(29-30(3,24)25)11(27-7(2)23)14(28-8)21-12(16)9-13(19-5-18-9)20-15(21)17/h5,8,10-11,14H,4H2,1-3H3/t8-,10+,11-,14-/m1/s1. The molecule has 1 fully saturated rings. The number of rotatable bonds is 6. The molecule has 15 heteroatoms. The highest BCUT2D eigenvalue weighted by Gasteiger charge is 2.52. The number of hydrogen-bond acceptors (Lipinski definition) is 11. The maximum atomic E-state index is 11.8. The molecule has 0 unspecified atom stereocenters. The number of carbonyl (C=O) groups is 2. The number of halogens is 2. The van der Waals surface area contributed by atoms with E-state index in [0.29, 0.717) is 0 Å². The lowest BCUT2D eigenvalue weighted by atomic mass is 10.1. The molecular weight excluding hydrogens is 467 g/mol. The summed E-state index contributed by atoms with van der Waals surface area (Å²) in [5.41, 5.74) is 0.190. The zero-order valence-corrected chi connectivity index (χ0v) is 18.1.